The molecule has 64 valence electrons. The van der Waals surface area contributed by atoms with E-state index >= 15 is 0 Å². The van der Waals surface area contributed by atoms with Crippen LogP contribution in [0.1, 0.15) is 13.3 Å². The van der Waals surface area contributed by atoms with Crippen LogP contribution in [-0.4, -0.2) is 22.9 Å². The first-order chi connectivity index (χ1) is 5.26. The third kappa shape index (κ3) is 3.68. The summed E-state index contributed by atoms with van der Waals surface area (Å²) in [5.41, 5.74) is 0. The fourth-order valence-electron chi connectivity index (χ4n) is 0.576. The second-order valence-electron chi connectivity index (χ2n) is 2.06. The van der Waals surface area contributed by atoms with Gasteiger partial charge in [-0.2, -0.15) is 0 Å². The zero-order valence-corrected chi connectivity index (χ0v) is 6.66. The van der Waals surface area contributed by atoms with E-state index in [9.17, 15) is 0 Å². The molecule has 0 radical (unpaired) electrons. The fourth-order valence-corrected chi connectivity index (χ4v) is 0.576. The van der Waals surface area contributed by atoms with E-state index < -0.39 is 6.10 Å². The molecule has 0 fully saturated rings. The lowest BCUT2D eigenvalue weighted by atomic mass is 10.2. The Balaban J connectivity index is 3.86. The lowest BCUT2D eigenvalue weighted by Crippen LogP contribution is -2.11. The molecule has 0 aliphatic heterocycles. The predicted molar refractivity (Wildman–Crippen MR) is 43.2 cm³/mol. The first-order valence-corrected chi connectivity index (χ1v) is 3.52. The molecule has 0 rings (SSSR count). The Bertz CT molecular complexity index is 140. The summed E-state index contributed by atoms with van der Waals surface area (Å²) in [6.07, 6.45) is 2.12. The molecule has 1 atom stereocenters. The average molecular weight is 158 g/mol. The van der Waals surface area contributed by atoms with E-state index in [-0.39, 0.29) is 5.76 Å². The van der Waals surface area contributed by atoms with Crippen LogP contribution < -0.4 is 0 Å². The van der Waals surface area contributed by atoms with Gasteiger partial charge >= 0.3 is 0 Å². The summed E-state index contributed by atoms with van der Waals surface area (Å²) in [6.45, 7) is 5.53. The first-order valence-electron chi connectivity index (χ1n) is 3.52. The van der Waals surface area contributed by atoms with E-state index in [1.54, 1.807) is 13.0 Å². The Morgan fingerprint density at radius 3 is 2.73 bits per heavy atom. The van der Waals surface area contributed by atoms with Crippen molar-refractivity contribution in [1.29, 1.82) is 0 Å². The average Bonchev–Trinajstić information content (AvgIpc) is 2.05. The summed E-state index contributed by atoms with van der Waals surface area (Å²) in [4.78, 5) is 0. The molecule has 3 nitrogen and oxygen atoms in total. The number of rotatable bonds is 5. The van der Waals surface area contributed by atoms with Crippen LogP contribution in [-0.2, 0) is 4.74 Å². The van der Waals surface area contributed by atoms with Crippen LogP contribution >= 0.6 is 0 Å². The minimum absolute atomic E-state index is 0.187. The van der Waals surface area contributed by atoms with Gasteiger partial charge in [-0.25, -0.2) is 0 Å². The molecule has 3 heteroatoms. The molecule has 0 amide bonds. The van der Waals surface area contributed by atoms with Gasteiger partial charge < -0.3 is 14.9 Å². The summed E-state index contributed by atoms with van der Waals surface area (Å²) in [6, 6.07) is 0. The van der Waals surface area contributed by atoms with Crippen LogP contribution in [0.5, 0.6) is 0 Å². The minimum atomic E-state index is -0.722. The molecule has 11 heavy (non-hydrogen) atoms. The second-order valence-corrected chi connectivity index (χ2v) is 2.06. The molecule has 0 heterocycles. The molecule has 0 saturated carbocycles. The molecule has 0 aliphatic rings. The minimum Gasteiger partial charge on any atom is -0.512 e. The van der Waals surface area contributed by atoms with Crippen molar-refractivity contribution in [2.45, 2.75) is 19.4 Å². The highest BCUT2D eigenvalue weighted by molar-refractivity contribution is 4.94. The third-order valence-electron chi connectivity index (χ3n) is 1.21. The quantitative estimate of drug-likeness (QED) is 0.469. The lowest BCUT2D eigenvalue weighted by molar-refractivity contribution is 0.104. The molecule has 0 spiro atoms. The van der Waals surface area contributed by atoms with Gasteiger partial charge in [0.25, 0.3) is 0 Å². The van der Waals surface area contributed by atoms with E-state index in [2.05, 4.69) is 6.58 Å². The monoisotopic (exact) mass is 158 g/mol. The maximum atomic E-state index is 9.16. The number of ether oxygens (including phenoxy) is 1. The van der Waals surface area contributed by atoms with Gasteiger partial charge in [0, 0.05) is 0 Å². The van der Waals surface area contributed by atoms with Gasteiger partial charge in [0.05, 0.1) is 0 Å². The number of hydrogen-bond donors (Lipinski definition) is 2. The molecule has 0 aromatic carbocycles. The molecular weight excluding hydrogens is 144 g/mol. The van der Waals surface area contributed by atoms with Crippen LogP contribution in [0, 0.1) is 0 Å². The van der Waals surface area contributed by atoms with Crippen molar-refractivity contribution in [3.63, 3.8) is 0 Å². The second kappa shape index (κ2) is 5.80. The zero-order chi connectivity index (χ0) is 8.69. The molecule has 0 aliphatic carbocycles. The Morgan fingerprint density at radius 1 is 1.73 bits per heavy atom. The molecule has 0 bridgehead atoms. The Hall–Kier alpha value is -0.960. The Morgan fingerprint density at radius 2 is 2.36 bits per heavy atom. The van der Waals surface area contributed by atoms with Crippen LogP contribution in [0.4, 0.5) is 0 Å². The molecular formula is C8H14O3. The van der Waals surface area contributed by atoms with E-state index in [1.165, 1.54) is 0 Å². The first kappa shape index (κ1) is 10.0. The molecule has 0 aromatic rings. The van der Waals surface area contributed by atoms with Crippen LogP contribution in [0.3, 0.4) is 0 Å². The Labute approximate surface area is 66.6 Å². The summed E-state index contributed by atoms with van der Waals surface area (Å²) in [7, 11) is 0. The highest BCUT2D eigenvalue weighted by Gasteiger charge is 2.08. The number of aliphatic hydroxyl groups excluding tert-OH is 2. The van der Waals surface area contributed by atoms with Gasteiger partial charge in [0.1, 0.15) is 19.0 Å². The van der Waals surface area contributed by atoms with Gasteiger partial charge in [-0.15, -0.1) is 0 Å². The molecule has 1 unspecified atom stereocenters. The molecule has 2 N–H and O–H groups in total. The van der Waals surface area contributed by atoms with Gasteiger partial charge in [0.15, 0.2) is 5.76 Å². The van der Waals surface area contributed by atoms with Crippen molar-refractivity contribution < 1.29 is 14.9 Å². The fraction of sp³-hybridized carbons (Fsp3) is 0.500. The van der Waals surface area contributed by atoms with Crippen molar-refractivity contribution in [1.82, 2.24) is 0 Å². The van der Waals surface area contributed by atoms with Crippen molar-refractivity contribution in [2.24, 2.45) is 0 Å². The van der Waals surface area contributed by atoms with Crippen LogP contribution in [0.25, 0.3) is 0 Å². The van der Waals surface area contributed by atoms with Gasteiger partial charge in [-0.1, -0.05) is 19.6 Å². The zero-order valence-electron chi connectivity index (χ0n) is 6.66. The van der Waals surface area contributed by atoms with Gasteiger partial charge in [0.2, 0.25) is 0 Å². The maximum Gasteiger partial charge on any atom is 0.159 e. The predicted octanol–water partition coefficient (Wildman–Crippen LogP) is 1.36. The van der Waals surface area contributed by atoms with Gasteiger partial charge in [-0.3, -0.25) is 0 Å². The van der Waals surface area contributed by atoms with Crippen molar-refractivity contribution >= 4 is 0 Å². The maximum absolute atomic E-state index is 9.16. The number of hydrogen-bond acceptors (Lipinski definition) is 3. The topological polar surface area (TPSA) is 49.7 Å². The van der Waals surface area contributed by atoms with Crippen molar-refractivity contribution in [3.05, 3.63) is 24.7 Å². The van der Waals surface area contributed by atoms with E-state index in [0.29, 0.717) is 13.0 Å². The van der Waals surface area contributed by atoms with Gasteiger partial charge in [-0.05, 0) is 6.42 Å². The van der Waals surface area contributed by atoms with Crippen molar-refractivity contribution in [3.8, 4) is 0 Å². The molecule has 0 aromatic heterocycles. The highest BCUT2D eigenvalue weighted by atomic mass is 16.5. The largest absolute Gasteiger partial charge is 0.512 e. The van der Waals surface area contributed by atoms with Crippen molar-refractivity contribution in [2.75, 3.05) is 6.61 Å². The smallest absolute Gasteiger partial charge is 0.159 e. The summed E-state index contributed by atoms with van der Waals surface area (Å²) < 4.78 is 4.94. The van der Waals surface area contributed by atoms with E-state index in [0.717, 1.165) is 6.26 Å². The normalized spacial score (nSPS) is 14.2. The summed E-state index contributed by atoms with van der Waals surface area (Å²) >= 11 is 0. The third-order valence-corrected chi connectivity index (χ3v) is 1.21. The number of aliphatic hydroxyl groups is 2. The van der Waals surface area contributed by atoms with E-state index in [1.807, 2.05) is 0 Å². The standard InChI is InChI=1S/C8H14O3/c1-3-5-11-8(6-9)7(10)4-2/h3,6-7,9-10H,1,4-5H2,2H3/b8-6-. The van der Waals surface area contributed by atoms with Crippen LogP contribution in [0.2, 0.25) is 0 Å². The molecule has 0 saturated heterocycles. The lowest BCUT2D eigenvalue weighted by Gasteiger charge is -2.11. The summed E-state index contributed by atoms with van der Waals surface area (Å²) in [5, 5.41) is 17.7. The highest BCUT2D eigenvalue weighted by Crippen LogP contribution is 2.06. The van der Waals surface area contributed by atoms with E-state index in [4.69, 9.17) is 14.9 Å². The summed E-state index contributed by atoms with van der Waals surface area (Å²) in [5.74, 6) is 0.187. The SMILES string of the molecule is C=CCO/C(=C\O)C(O)CC. The Kier molecular flexibility index (Phi) is 5.29. The van der Waals surface area contributed by atoms with Crippen LogP contribution in [0.15, 0.2) is 24.7 Å².